The highest BCUT2D eigenvalue weighted by molar-refractivity contribution is 7.99. The molecule has 1 fully saturated rings. The molecule has 1 aliphatic rings. The van der Waals surface area contributed by atoms with Crippen LogP contribution in [0.15, 0.2) is 24.3 Å². The molecule has 96 valence electrons. The third kappa shape index (κ3) is 3.77. The number of benzene rings is 1. The molecule has 0 atom stereocenters. The van der Waals surface area contributed by atoms with Crippen molar-refractivity contribution in [3.63, 3.8) is 0 Å². The number of hydrogen-bond acceptors (Lipinski definition) is 3. The van der Waals surface area contributed by atoms with Gasteiger partial charge in [0.1, 0.15) is 0 Å². The van der Waals surface area contributed by atoms with Crippen molar-refractivity contribution in [2.75, 3.05) is 17.3 Å². The molecule has 1 aliphatic carbocycles. The number of hydrogen-bond donors (Lipinski definition) is 2. The molecule has 2 amide bonds. The Kier molecular flexibility index (Phi) is 4.25. The fourth-order valence-corrected chi connectivity index (χ4v) is 1.90. The predicted octanol–water partition coefficient (Wildman–Crippen LogP) is 1.88. The lowest BCUT2D eigenvalue weighted by atomic mass is 10.2. The quantitative estimate of drug-likeness (QED) is 0.853. The Morgan fingerprint density at radius 2 is 2.17 bits per heavy atom. The van der Waals surface area contributed by atoms with E-state index in [0.717, 1.165) is 12.8 Å². The zero-order valence-electron chi connectivity index (χ0n) is 10.2. The molecular formula is C13H16N2O2S. The molecule has 0 heterocycles. The molecule has 0 unspecified atom stereocenters. The van der Waals surface area contributed by atoms with Crippen LogP contribution in [0.25, 0.3) is 0 Å². The molecular weight excluding hydrogens is 248 g/mol. The zero-order valence-corrected chi connectivity index (χ0v) is 11.0. The van der Waals surface area contributed by atoms with E-state index in [1.165, 1.54) is 11.8 Å². The van der Waals surface area contributed by atoms with Gasteiger partial charge in [0.05, 0.1) is 5.75 Å². The molecule has 1 saturated carbocycles. The summed E-state index contributed by atoms with van der Waals surface area (Å²) < 4.78 is 0. The van der Waals surface area contributed by atoms with Crippen molar-refractivity contribution in [1.29, 1.82) is 0 Å². The van der Waals surface area contributed by atoms with Gasteiger partial charge in [0.25, 0.3) is 5.91 Å². The van der Waals surface area contributed by atoms with Gasteiger partial charge in [-0.25, -0.2) is 0 Å². The largest absolute Gasteiger partial charge is 0.349 e. The van der Waals surface area contributed by atoms with E-state index in [0.29, 0.717) is 23.0 Å². The topological polar surface area (TPSA) is 58.2 Å². The zero-order chi connectivity index (χ0) is 13.0. The second-order valence-electron chi connectivity index (χ2n) is 4.31. The Hall–Kier alpha value is -1.49. The number of rotatable bonds is 5. The summed E-state index contributed by atoms with van der Waals surface area (Å²) in [6.07, 6.45) is 4.00. The summed E-state index contributed by atoms with van der Waals surface area (Å²) in [4.78, 5) is 23.3. The maximum atomic E-state index is 11.8. The number of thioether (sulfide) groups is 1. The van der Waals surface area contributed by atoms with E-state index in [1.807, 2.05) is 6.26 Å². The van der Waals surface area contributed by atoms with Crippen molar-refractivity contribution in [2.45, 2.75) is 18.9 Å². The molecule has 2 rings (SSSR count). The monoisotopic (exact) mass is 264 g/mol. The Labute approximate surface area is 111 Å². The Balaban J connectivity index is 1.99. The van der Waals surface area contributed by atoms with Crippen LogP contribution in [0, 0.1) is 0 Å². The summed E-state index contributed by atoms with van der Waals surface area (Å²) in [6, 6.07) is 7.35. The lowest BCUT2D eigenvalue weighted by Crippen LogP contribution is -2.25. The number of anilines is 1. The summed E-state index contributed by atoms with van der Waals surface area (Å²) >= 11 is 1.46. The average molecular weight is 264 g/mol. The van der Waals surface area contributed by atoms with E-state index in [1.54, 1.807) is 24.3 Å². The van der Waals surface area contributed by atoms with Crippen LogP contribution in [0.1, 0.15) is 23.2 Å². The van der Waals surface area contributed by atoms with Crippen molar-refractivity contribution >= 4 is 29.3 Å². The number of carbonyl (C=O) groups excluding carboxylic acids is 2. The molecule has 1 aromatic carbocycles. The summed E-state index contributed by atoms with van der Waals surface area (Å²) in [5, 5.41) is 5.69. The minimum absolute atomic E-state index is 0.0535. The molecule has 18 heavy (non-hydrogen) atoms. The Bertz CT molecular complexity index is 458. The van der Waals surface area contributed by atoms with E-state index in [2.05, 4.69) is 10.6 Å². The van der Waals surface area contributed by atoms with E-state index in [4.69, 9.17) is 0 Å². The van der Waals surface area contributed by atoms with Crippen molar-refractivity contribution < 1.29 is 9.59 Å². The Morgan fingerprint density at radius 1 is 1.39 bits per heavy atom. The van der Waals surface area contributed by atoms with E-state index < -0.39 is 0 Å². The van der Waals surface area contributed by atoms with Crippen molar-refractivity contribution in [3.05, 3.63) is 29.8 Å². The summed E-state index contributed by atoms with van der Waals surface area (Å²) in [7, 11) is 0. The van der Waals surface area contributed by atoms with E-state index in [9.17, 15) is 9.59 Å². The van der Waals surface area contributed by atoms with Crippen LogP contribution in [0.4, 0.5) is 5.69 Å². The predicted molar refractivity (Wildman–Crippen MR) is 73.9 cm³/mol. The fourth-order valence-electron chi connectivity index (χ4n) is 1.56. The van der Waals surface area contributed by atoms with Gasteiger partial charge < -0.3 is 10.6 Å². The number of amides is 2. The first-order valence-corrected chi connectivity index (χ1v) is 7.28. The first-order chi connectivity index (χ1) is 8.69. The van der Waals surface area contributed by atoms with Crippen LogP contribution in [0.2, 0.25) is 0 Å². The minimum Gasteiger partial charge on any atom is -0.349 e. The van der Waals surface area contributed by atoms with E-state index >= 15 is 0 Å². The number of carbonyl (C=O) groups is 2. The minimum atomic E-state index is -0.0709. The molecule has 0 aromatic heterocycles. The maximum Gasteiger partial charge on any atom is 0.251 e. The molecule has 0 saturated heterocycles. The molecule has 0 aliphatic heterocycles. The van der Waals surface area contributed by atoms with Crippen LogP contribution in [0.5, 0.6) is 0 Å². The lowest BCUT2D eigenvalue weighted by molar-refractivity contribution is -0.113. The van der Waals surface area contributed by atoms with Crippen LogP contribution >= 0.6 is 11.8 Å². The molecule has 0 bridgehead atoms. The molecule has 5 heteroatoms. The van der Waals surface area contributed by atoms with Gasteiger partial charge in [-0.3, -0.25) is 9.59 Å². The van der Waals surface area contributed by atoms with Gasteiger partial charge in [0.15, 0.2) is 0 Å². The second-order valence-corrected chi connectivity index (χ2v) is 5.18. The molecule has 2 N–H and O–H groups in total. The molecule has 0 spiro atoms. The highest BCUT2D eigenvalue weighted by Crippen LogP contribution is 2.20. The van der Waals surface area contributed by atoms with Gasteiger partial charge >= 0.3 is 0 Å². The van der Waals surface area contributed by atoms with Gasteiger partial charge in [-0.2, -0.15) is 11.8 Å². The summed E-state index contributed by atoms with van der Waals surface area (Å²) in [6.45, 7) is 0. The molecule has 1 aromatic rings. The van der Waals surface area contributed by atoms with Crippen molar-refractivity contribution in [1.82, 2.24) is 5.32 Å². The van der Waals surface area contributed by atoms with Crippen LogP contribution in [-0.4, -0.2) is 29.9 Å². The van der Waals surface area contributed by atoms with Crippen LogP contribution in [0.3, 0.4) is 0 Å². The van der Waals surface area contributed by atoms with Gasteiger partial charge in [0.2, 0.25) is 5.91 Å². The first-order valence-electron chi connectivity index (χ1n) is 5.89. The Morgan fingerprint density at radius 3 is 2.83 bits per heavy atom. The summed E-state index contributed by atoms with van der Waals surface area (Å²) in [5.74, 6) is 0.291. The third-order valence-corrected chi connectivity index (χ3v) is 3.15. The standard InChI is InChI=1S/C13H16N2O2S/c1-18-8-12(16)14-11-4-2-3-9(7-11)13(17)15-10-5-6-10/h2-4,7,10H,5-6,8H2,1H3,(H,14,16)(H,15,17). The van der Waals surface area contributed by atoms with Gasteiger partial charge in [-0.05, 0) is 37.3 Å². The third-order valence-electron chi connectivity index (χ3n) is 2.60. The molecule has 0 radical (unpaired) electrons. The smallest absolute Gasteiger partial charge is 0.251 e. The van der Waals surface area contributed by atoms with Gasteiger partial charge in [0, 0.05) is 17.3 Å². The highest BCUT2D eigenvalue weighted by Gasteiger charge is 2.23. The van der Waals surface area contributed by atoms with E-state index in [-0.39, 0.29) is 11.8 Å². The normalized spacial score (nSPS) is 14.1. The highest BCUT2D eigenvalue weighted by atomic mass is 32.2. The maximum absolute atomic E-state index is 11.8. The van der Waals surface area contributed by atoms with Gasteiger partial charge in [-0.15, -0.1) is 0 Å². The van der Waals surface area contributed by atoms with Crippen molar-refractivity contribution in [3.8, 4) is 0 Å². The number of nitrogens with one attached hydrogen (secondary N) is 2. The second kappa shape index (κ2) is 5.91. The lowest BCUT2D eigenvalue weighted by Gasteiger charge is -2.07. The SMILES string of the molecule is CSCC(=O)Nc1cccc(C(=O)NC2CC2)c1. The average Bonchev–Trinajstić information content (AvgIpc) is 3.13. The fraction of sp³-hybridized carbons (Fsp3) is 0.385. The van der Waals surface area contributed by atoms with Crippen LogP contribution < -0.4 is 10.6 Å². The first kappa shape index (κ1) is 13.0. The van der Waals surface area contributed by atoms with Crippen LogP contribution in [-0.2, 0) is 4.79 Å². The summed E-state index contributed by atoms with van der Waals surface area (Å²) in [5.41, 5.74) is 1.25. The van der Waals surface area contributed by atoms with Gasteiger partial charge in [-0.1, -0.05) is 6.07 Å². The van der Waals surface area contributed by atoms with Crippen molar-refractivity contribution in [2.24, 2.45) is 0 Å². The molecule has 4 nitrogen and oxygen atoms in total.